The summed E-state index contributed by atoms with van der Waals surface area (Å²) < 4.78 is 13.8. The lowest BCUT2D eigenvalue weighted by molar-refractivity contribution is -0.125. The first kappa shape index (κ1) is 8.20. The molecule has 14 heavy (non-hydrogen) atoms. The maximum atomic E-state index is 13.8. The van der Waals surface area contributed by atoms with Gasteiger partial charge in [0.1, 0.15) is 11.2 Å². The van der Waals surface area contributed by atoms with Crippen LogP contribution in [0.3, 0.4) is 0 Å². The monoisotopic (exact) mass is 198 g/mol. The van der Waals surface area contributed by atoms with Gasteiger partial charge in [-0.05, 0) is 19.8 Å². The molecule has 1 spiro atoms. The molecule has 2 saturated carbocycles. The zero-order chi connectivity index (χ0) is 10.1. The number of hydrogen-bond acceptors (Lipinski definition) is 2. The zero-order valence-corrected chi connectivity index (χ0v) is 7.76. The predicted octanol–water partition coefficient (Wildman–Crippen LogP) is 0.333. The number of amides is 3. The number of carbonyl (C=O) groups excluding carboxylic acids is 2. The molecule has 0 aromatic carbocycles. The summed E-state index contributed by atoms with van der Waals surface area (Å²) >= 11 is 0. The molecule has 4 atom stereocenters. The Bertz CT molecular complexity index is 355. The van der Waals surface area contributed by atoms with Gasteiger partial charge in [-0.25, -0.2) is 9.18 Å². The third-order valence-corrected chi connectivity index (χ3v) is 3.98. The van der Waals surface area contributed by atoms with E-state index in [1.807, 2.05) is 0 Å². The Kier molecular flexibility index (Phi) is 1.14. The standard InChI is InChI=1S/C9H11FN2O2/c1-8(10)4-2-3-9(5(4)8)6(13)11-7(14)12-9/h4-5H,2-3H2,1H3,(H2,11,12,13,14)/t4-,5+,8-,9+/m1/s1. The van der Waals surface area contributed by atoms with Gasteiger partial charge in [-0.15, -0.1) is 0 Å². The fourth-order valence-electron chi connectivity index (χ4n) is 3.28. The van der Waals surface area contributed by atoms with E-state index in [9.17, 15) is 14.0 Å². The van der Waals surface area contributed by atoms with E-state index in [-0.39, 0.29) is 17.7 Å². The van der Waals surface area contributed by atoms with Crippen molar-refractivity contribution >= 4 is 11.9 Å². The molecule has 3 aliphatic rings. The molecule has 2 N–H and O–H groups in total. The zero-order valence-electron chi connectivity index (χ0n) is 7.76. The van der Waals surface area contributed by atoms with Crippen molar-refractivity contribution in [2.45, 2.75) is 31.0 Å². The van der Waals surface area contributed by atoms with Gasteiger partial charge in [0.25, 0.3) is 5.91 Å². The fourth-order valence-corrected chi connectivity index (χ4v) is 3.28. The van der Waals surface area contributed by atoms with Gasteiger partial charge in [-0.1, -0.05) is 0 Å². The van der Waals surface area contributed by atoms with Crippen LogP contribution in [0.15, 0.2) is 0 Å². The van der Waals surface area contributed by atoms with Crippen molar-refractivity contribution < 1.29 is 14.0 Å². The second kappa shape index (κ2) is 1.94. The van der Waals surface area contributed by atoms with Crippen LogP contribution in [0, 0.1) is 11.8 Å². The van der Waals surface area contributed by atoms with Gasteiger partial charge in [0.05, 0.1) is 0 Å². The Balaban J connectivity index is 1.99. The van der Waals surface area contributed by atoms with E-state index in [1.54, 1.807) is 0 Å². The molecule has 3 amide bonds. The minimum absolute atomic E-state index is 0.0494. The van der Waals surface area contributed by atoms with Gasteiger partial charge in [0.15, 0.2) is 0 Å². The van der Waals surface area contributed by atoms with Crippen molar-refractivity contribution in [1.29, 1.82) is 0 Å². The summed E-state index contributed by atoms with van der Waals surface area (Å²) in [5.41, 5.74) is -2.21. The number of fused-ring (bicyclic) bond motifs is 2. The van der Waals surface area contributed by atoms with E-state index in [2.05, 4.69) is 10.6 Å². The van der Waals surface area contributed by atoms with Crippen molar-refractivity contribution in [3.05, 3.63) is 0 Å². The number of urea groups is 1. The van der Waals surface area contributed by atoms with Crippen molar-refractivity contribution in [2.75, 3.05) is 0 Å². The first-order valence-corrected chi connectivity index (χ1v) is 4.81. The van der Waals surface area contributed by atoms with Crippen LogP contribution < -0.4 is 10.6 Å². The normalized spacial score (nSPS) is 54.4. The number of alkyl halides is 1. The number of hydrogen-bond donors (Lipinski definition) is 2. The molecular weight excluding hydrogens is 187 g/mol. The van der Waals surface area contributed by atoms with Crippen molar-refractivity contribution in [2.24, 2.45) is 11.8 Å². The molecule has 3 rings (SSSR count). The van der Waals surface area contributed by atoms with E-state index >= 15 is 0 Å². The molecule has 3 fully saturated rings. The molecule has 5 heteroatoms. The molecule has 1 saturated heterocycles. The van der Waals surface area contributed by atoms with E-state index in [4.69, 9.17) is 0 Å². The third kappa shape index (κ3) is 0.666. The Morgan fingerprint density at radius 3 is 2.64 bits per heavy atom. The highest BCUT2D eigenvalue weighted by Gasteiger charge is 2.78. The lowest BCUT2D eigenvalue weighted by Gasteiger charge is -2.24. The Hall–Kier alpha value is -1.13. The van der Waals surface area contributed by atoms with Crippen LogP contribution in [0.25, 0.3) is 0 Å². The summed E-state index contributed by atoms with van der Waals surface area (Å²) in [7, 11) is 0. The summed E-state index contributed by atoms with van der Waals surface area (Å²) in [6, 6.07) is -0.488. The number of rotatable bonds is 0. The molecule has 0 unspecified atom stereocenters. The molecule has 0 aromatic heterocycles. The van der Waals surface area contributed by atoms with Crippen LogP contribution in [0.2, 0.25) is 0 Å². The molecule has 1 aliphatic heterocycles. The number of nitrogens with one attached hydrogen (secondary N) is 2. The van der Waals surface area contributed by atoms with Crippen LogP contribution in [0.1, 0.15) is 19.8 Å². The lowest BCUT2D eigenvalue weighted by Crippen LogP contribution is -2.49. The maximum Gasteiger partial charge on any atom is 0.322 e. The van der Waals surface area contributed by atoms with Crippen molar-refractivity contribution in [1.82, 2.24) is 10.6 Å². The van der Waals surface area contributed by atoms with Gasteiger partial charge in [0.2, 0.25) is 0 Å². The highest BCUT2D eigenvalue weighted by molar-refractivity contribution is 6.08. The molecular formula is C9H11FN2O2. The second-order valence-electron chi connectivity index (χ2n) is 4.65. The molecule has 0 aromatic rings. The first-order chi connectivity index (χ1) is 6.48. The number of imide groups is 1. The van der Waals surface area contributed by atoms with E-state index < -0.39 is 17.2 Å². The number of halogens is 1. The van der Waals surface area contributed by atoms with Crippen LogP contribution in [0.5, 0.6) is 0 Å². The first-order valence-electron chi connectivity index (χ1n) is 4.81. The summed E-state index contributed by atoms with van der Waals surface area (Å²) in [5.74, 6) is -0.718. The molecule has 0 bridgehead atoms. The predicted molar refractivity (Wildman–Crippen MR) is 45.1 cm³/mol. The van der Waals surface area contributed by atoms with E-state index in [0.717, 1.165) is 0 Å². The maximum absolute atomic E-state index is 13.8. The summed E-state index contributed by atoms with van der Waals surface area (Å²) in [5, 5.41) is 4.78. The Morgan fingerprint density at radius 2 is 2.21 bits per heavy atom. The Morgan fingerprint density at radius 1 is 1.50 bits per heavy atom. The Labute approximate surface area is 80.2 Å². The minimum Gasteiger partial charge on any atom is -0.323 e. The van der Waals surface area contributed by atoms with Crippen LogP contribution in [-0.4, -0.2) is 23.1 Å². The minimum atomic E-state index is -1.27. The SMILES string of the molecule is C[C@@]1(F)[C@@H]2CC[C@]3(NC(=O)NC3=O)[C@@H]21. The van der Waals surface area contributed by atoms with Gasteiger partial charge in [-0.3, -0.25) is 10.1 Å². The highest BCUT2D eigenvalue weighted by atomic mass is 19.1. The average Bonchev–Trinajstić information content (AvgIpc) is 2.44. The molecule has 0 radical (unpaired) electrons. The second-order valence-corrected chi connectivity index (χ2v) is 4.65. The van der Waals surface area contributed by atoms with E-state index in [0.29, 0.717) is 12.8 Å². The number of carbonyl (C=O) groups is 2. The highest BCUT2D eigenvalue weighted by Crippen LogP contribution is 2.67. The largest absolute Gasteiger partial charge is 0.323 e. The summed E-state index contributed by atoms with van der Waals surface area (Å²) in [4.78, 5) is 22.6. The van der Waals surface area contributed by atoms with Crippen LogP contribution in [0.4, 0.5) is 9.18 Å². The molecule has 4 nitrogen and oxygen atoms in total. The summed E-state index contributed by atoms with van der Waals surface area (Å²) in [6.07, 6.45) is 1.25. The van der Waals surface area contributed by atoms with Crippen LogP contribution in [-0.2, 0) is 4.79 Å². The van der Waals surface area contributed by atoms with Gasteiger partial charge in [0, 0.05) is 11.8 Å². The average molecular weight is 198 g/mol. The third-order valence-electron chi connectivity index (χ3n) is 3.98. The van der Waals surface area contributed by atoms with Crippen molar-refractivity contribution in [3.8, 4) is 0 Å². The van der Waals surface area contributed by atoms with Crippen molar-refractivity contribution in [3.63, 3.8) is 0 Å². The smallest absolute Gasteiger partial charge is 0.322 e. The lowest BCUT2D eigenvalue weighted by atomic mass is 9.90. The topological polar surface area (TPSA) is 58.2 Å². The molecule has 2 aliphatic carbocycles. The van der Waals surface area contributed by atoms with Gasteiger partial charge >= 0.3 is 6.03 Å². The fraction of sp³-hybridized carbons (Fsp3) is 0.778. The molecule has 1 heterocycles. The quantitative estimate of drug-likeness (QED) is 0.551. The van der Waals surface area contributed by atoms with Gasteiger partial charge in [-0.2, -0.15) is 0 Å². The van der Waals surface area contributed by atoms with E-state index in [1.165, 1.54) is 6.92 Å². The van der Waals surface area contributed by atoms with Gasteiger partial charge < -0.3 is 5.32 Å². The molecule has 76 valence electrons. The summed E-state index contributed by atoms with van der Waals surface area (Å²) in [6.45, 7) is 1.51. The van der Waals surface area contributed by atoms with Crippen LogP contribution >= 0.6 is 0 Å².